The Bertz CT molecular complexity index is 1260. The van der Waals surface area contributed by atoms with Gasteiger partial charge in [-0.2, -0.15) is 0 Å². The van der Waals surface area contributed by atoms with Crippen molar-refractivity contribution in [2.24, 2.45) is 5.92 Å². The molecule has 3 N–H and O–H groups in total. The standard InChI is InChI=1S/C22H27N3O4S/c1-5-14(4)15-6-8-16(9-7-15)20(13(2)3)25-30(28,29)17-10-11-19-18(12-17)21(26)24-22(27)23-19/h6-14,20,25H,5H2,1-4H3,(H2,23,24,26,27)/t14-,20-/m0/s1. The quantitative estimate of drug-likeness (QED) is 0.534. The molecule has 0 fully saturated rings. The van der Waals surface area contributed by atoms with Crippen molar-refractivity contribution in [1.82, 2.24) is 14.7 Å². The first-order chi connectivity index (χ1) is 14.1. The Hall–Kier alpha value is -2.71. The number of fused-ring (bicyclic) bond motifs is 1. The van der Waals surface area contributed by atoms with Gasteiger partial charge in [-0.15, -0.1) is 0 Å². The van der Waals surface area contributed by atoms with Crippen molar-refractivity contribution in [2.45, 2.75) is 51.0 Å². The number of hydrogen-bond acceptors (Lipinski definition) is 4. The van der Waals surface area contributed by atoms with Gasteiger partial charge < -0.3 is 4.98 Å². The lowest BCUT2D eigenvalue weighted by Crippen LogP contribution is -2.32. The third kappa shape index (κ3) is 4.55. The average molecular weight is 430 g/mol. The molecule has 3 aromatic rings. The molecule has 7 nitrogen and oxygen atoms in total. The van der Waals surface area contributed by atoms with Crippen molar-refractivity contribution in [3.63, 3.8) is 0 Å². The molecule has 3 rings (SSSR count). The van der Waals surface area contributed by atoms with E-state index in [2.05, 4.69) is 28.5 Å². The van der Waals surface area contributed by atoms with E-state index in [-0.39, 0.29) is 21.7 Å². The molecule has 160 valence electrons. The number of aromatic amines is 2. The van der Waals surface area contributed by atoms with Gasteiger partial charge in [0.2, 0.25) is 10.0 Å². The lowest BCUT2D eigenvalue weighted by atomic mass is 9.93. The Morgan fingerprint density at radius 3 is 2.17 bits per heavy atom. The highest BCUT2D eigenvalue weighted by Crippen LogP contribution is 2.27. The Morgan fingerprint density at radius 2 is 1.57 bits per heavy atom. The second-order valence-corrected chi connectivity index (χ2v) is 9.65. The maximum atomic E-state index is 13.1. The normalized spacial score (nSPS) is 14.2. The second kappa shape index (κ2) is 8.57. The number of benzene rings is 2. The number of nitrogens with one attached hydrogen (secondary N) is 3. The smallest absolute Gasteiger partial charge is 0.307 e. The number of H-pyrrole nitrogens is 2. The molecule has 0 aliphatic rings. The summed E-state index contributed by atoms with van der Waals surface area (Å²) in [7, 11) is -3.90. The molecule has 0 amide bonds. The highest BCUT2D eigenvalue weighted by molar-refractivity contribution is 7.89. The number of rotatable bonds is 7. The molecule has 30 heavy (non-hydrogen) atoms. The van der Waals surface area contributed by atoms with Gasteiger partial charge in [-0.25, -0.2) is 17.9 Å². The molecule has 0 radical (unpaired) electrons. The van der Waals surface area contributed by atoms with Crippen molar-refractivity contribution in [3.8, 4) is 0 Å². The van der Waals surface area contributed by atoms with Crippen LogP contribution in [0.2, 0.25) is 0 Å². The summed E-state index contributed by atoms with van der Waals surface area (Å²) in [5.74, 6) is 0.449. The molecular weight excluding hydrogens is 402 g/mol. The summed E-state index contributed by atoms with van der Waals surface area (Å²) >= 11 is 0. The van der Waals surface area contributed by atoms with Crippen LogP contribution in [0.1, 0.15) is 57.2 Å². The van der Waals surface area contributed by atoms with Crippen molar-refractivity contribution in [2.75, 3.05) is 0 Å². The molecule has 2 aromatic carbocycles. The van der Waals surface area contributed by atoms with E-state index in [0.29, 0.717) is 5.92 Å². The molecule has 0 aliphatic carbocycles. The summed E-state index contributed by atoms with van der Waals surface area (Å²) < 4.78 is 28.9. The van der Waals surface area contributed by atoms with Crippen molar-refractivity contribution >= 4 is 20.9 Å². The fraction of sp³-hybridized carbons (Fsp3) is 0.364. The highest BCUT2D eigenvalue weighted by atomic mass is 32.2. The first kappa shape index (κ1) is 22.0. The van der Waals surface area contributed by atoms with Gasteiger partial charge in [-0.3, -0.25) is 9.78 Å². The zero-order chi connectivity index (χ0) is 22.1. The number of aromatic nitrogens is 2. The van der Waals surface area contributed by atoms with Crippen LogP contribution >= 0.6 is 0 Å². The van der Waals surface area contributed by atoms with Crippen LogP contribution in [-0.4, -0.2) is 18.4 Å². The molecule has 0 aliphatic heterocycles. The van der Waals surface area contributed by atoms with E-state index >= 15 is 0 Å². The van der Waals surface area contributed by atoms with E-state index in [4.69, 9.17) is 0 Å². The summed E-state index contributed by atoms with van der Waals surface area (Å²) in [5.41, 5.74) is 1.11. The Kier molecular flexibility index (Phi) is 6.28. The largest absolute Gasteiger partial charge is 0.326 e. The average Bonchev–Trinajstić information content (AvgIpc) is 2.71. The monoisotopic (exact) mass is 429 g/mol. The third-order valence-electron chi connectivity index (χ3n) is 5.45. The minimum atomic E-state index is -3.90. The van der Waals surface area contributed by atoms with Gasteiger partial charge in [0.15, 0.2) is 0 Å². The zero-order valence-corrected chi connectivity index (χ0v) is 18.3. The zero-order valence-electron chi connectivity index (χ0n) is 17.5. The van der Waals surface area contributed by atoms with E-state index in [9.17, 15) is 18.0 Å². The van der Waals surface area contributed by atoms with Gasteiger partial charge in [0.1, 0.15) is 0 Å². The summed E-state index contributed by atoms with van der Waals surface area (Å²) in [4.78, 5) is 28.0. The molecule has 0 saturated heterocycles. The Labute approximate surface area is 175 Å². The van der Waals surface area contributed by atoms with Gasteiger partial charge in [-0.1, -0.05) is 52.0 Å². The molecule has 1 aromatic heterocycles. The highest BCUT2D eigenvalue weighted by Gasteiger charge is 2.24. The summed E-state index contributed by atoms with van der Waals surface area (Å²) in [6, 6.07) is 11.7. The molecule has 1 heterocycles. The fourth-order valence-electron chi connectivity index (χ4n) is 3.40. The van der Waals surface area contributed by atoms with Crippen LogP contribution in [-0.2, 0) is 10.0 Å². The number of hydrogen-bond donors (Lipinski definition) is 3. The SMILES string of the molecule is CC[C@H](C)c1ccc([C@@H](NS(=O)(=O)c2ccc3[nH]c(=O)[nH]c(=O)c3c2)C(C)C)cc1. The van der Waals surface area contributed by atoms with Gasteiger partial charge >= 0.3 is 5.69 Å². The van der Waals surface area contributed by atoms with Crippen LogP contribution in [0.25, 0.3) is 10.9 Å². The van der Waals surface area contributed by atoms with Gasteiger partial charge in [-0.05, 0) is 47.6 Å². The lowest BCUT2D eigenvalue weighted by molar-refractivity contribution is 0.463. The van der Waals surface area contributed by atoms with E-state index in [1.165, 1.54) is 23.8 Å². The second-order valence-electron chi connectivity index (χ2n) is 7.93. The molecule has 2 atom stereocenters. The fourth-order valence-corrected chi connectivity index (χ4v) is 4.80. The van der Waals surface area contributed by atoms with Crippen LogP contribution in [0.3, 0.4) is 0 Å². The van der Waals surface area contributed by atoms with Crippen molar-refractivity contribution < 1.29 is 8.42 Å². The van der Waals surface area contributed by atoms with E-state index < -0.39 is 27.3 Å². The first-order valence-electron chi connectivity index (χ1n) is 10.0. The molecule has 0 saturated carbocycles. The Balaban J connectivity index is 1.96. The van der Waals surface area contributed by atoms with Crippen molar-refractivity contribution in [3.05, 3.63) is 74.4 Å². The van der Waals surface area contributed by atoms with Crippen LogP contribution in [0.15, 0.2) is 56.9 Å². The molecular formula is C22H27N3O4S. The minimum Gasteiger partial charge on any atom is -0.307 e. The first-order valence-corrected chi connectivity index (χ1v) is 11.5. The number of sulfonamides is 1. The van der Waals surface area contributed by atoms with Gasteiger partial charge in [0, 0.05) is 6.04 Å². The lowest BCUT2D eigenvalue weighted by Gasteiger charge is -2.23. The van der Waals surface area contributed by atoms with E-state index in [0.717, 1.165) is 12.0 Å². The van der Waals surface area contributed by atoms with E-state index in [1.807, 2.05) is 38.1 Å². The minimum absolute atomic E-state index is 0.00874. The van der Waals surface area contributed by atoms with Crippen LogP contribution in [0.5, 0.6) is 0 Å². The molecule has 0 spiro atoms. The van der Waals surface area contributed by atoms with Crippen LogP contribution < -0.4 is 16.0 Å². The summed E-state index contributed by atoms with van der Waals surface area (Å²) in [6.45, 7) is 8.19. The van der Waals surface area contributed by atoms with Gasteiger partial charge in [0.25, 0.3) is 5.56 Å². The maximum absolute atomic E-state index is 13.1. The van der Waals surface area contributed by atoms with E-state index in [1.54, 1.807) is 0 Å². The summed E-state index contributed by atoms with van der Waals surface area (Å²) in [6.07, 6.45) is 1.03. The third-order valence-corrected chi connectivity index (χ3v) is 6.89. The Morgan fingerprint density at radius 1 is 0.933 bits per heavy atom. The molecule has 0 bridgehead atoms. The van der Waals surface area contributed by atoms with Crippen LogP contribution in [0.4, 0.5) is 0 Å². The molecule has 8 heteroatoms. The molecule has 0 unspecified atom stereocenters. The summed E-state index contributed by atoms with van der Waals surface area (Å²) in [5, 5.41) is 0.108. The predicted molar refractivity (Wildman–Crippen MR) is 118 cm³/mol. The topological polar surface area (TPSA) is 112 Å². The predicted octanol–water partition coefficient (Wildman–Crippen LogP) is 3.41. The van der Waals surface area contributed by atoms with Gasteiger partial charge in [0.05, 0.1) is 15.8 Å². The van der Waals surface area contributed by atoms with Crippen molar-refractivity contribution in [1.29, 1.82) is 0 Å². The van der Waals surface area contributed by atoms with Crippen LogP contribution in [0, 0.1) is 5.92 Å². The maximum Gasteiger partial charge on any atom is 0.326 e.